The highest BCUT2D eigenvalue weighted by atomic mass is 15.1. The first-order valence-electron chi connectivity index (χ1n) is 6.80. The van der Waals surface area contributed by atoms with E-state index >= 15 is 0 Å². The molecule has 0 saturated heterocycles. The summed E-state index contributed by atoms with van der Waals surface area (Å²) in [5, 5.41) is 3.34. The van der Waals surface area contributed by atoms with Gasteiger partial charge in [0.2, 0.25) is 0 Å². The highest BCUT2D eigenvalue weighted by Crippen LogP contribution is 2.16. The smallest absolute Gasteiger partial charge is 0.0347 e. The van der Waals surface area contributed by atoms with Crippen molar-refractivity contribution in [3.63, 3.8) is 0 Å². The van der Waals surface area contributed by atoms with E-state index in [1.807, 2.05) is 7.05 Å². The second-order valence-corrected chi connectivity index (χ2v) is 4.46. The molecule has 1 aromatic rings. The molecule has 1 N–H and O–H groups in total. The molecule has 1 unspecified atom stereocenters. The summed E-state index contributed by atoms with van der Waals surface area (Å²) in [6.45, 7) is 11.2. The van der Waals surface area contributed by atoms with Crippen LogP contribution in [0.1, 0.15) is 38.8 Å². The van der Waals surface area contributed by atoms with Gasteiger partial charge in [-0.2, -0.15) is 0 Å². The standard InChI is InChI=1S/C14H27N3/c1-5-14(15-4)13-8-9-17(12-13)11-10-16(6-2)7-3/h8-9,12,14-15H,5-7,10-11H2,1-4H3. The van der Waals surface area contributed by atoms with E-state index in [4.69, 9.17) is 0 Å². The van der Waals surface area contributed by atoms with Crippen molar-refractivity contribution in [1.29, 1.82) is 0 Å². The number of hydrogen-bond acceptors (Lipinski definition) is 2. The lowest BCUT2D eigenvalue weighted by atomic mass is 10.1. The molecule has 0 spiro atoms. The van der Waals surface area contributed by atoms with Crippen LogP contribution in [0.4, 0.5) is 0 Å². The van der Waals surface area contributed by atoms with Gasteiger partial charge < -0.3 is 14.8 Å². The van der Waals surface area contributed by atoms with Crippen molar-refractivity contribution >= 4 is 0 Å². The van der Waals surface area contributed by atoms with Gasteiger partial charge in [-0.05, 0) is 38.2 Å². The molecule has 1 aromatic heterocycles. The number of hydrogen-bond donors (Lipinski definition) is 1. The fraction of sp³-hybridized carbons (Fsp3) is 0.714. The van der Waals surface area contributed by atoms with Gasteiger partial charge in [0.1, 0.15) is 0 Å². The predicted octanol–water partition coefficient (Wildman–Crippen LogP) is 2.50. The Kier molecular flexibility index (Phi) is 6.30. The Labute approximate surface area is 106 Å². The van der Waals surface area contributed by atoms with Gasteiger partial charge in [0.15, 0.2) is 0 Å². The first-order chi connectivity index (χ1) is 8.24. The highest BCUT2D eigenvalue weighted by Gasteiger charge is 2.08. The van der Waals surface area contributed by atoms with Crippen LogP contribution < -0.4 is 5.32 Å². The molecule has 17 heavy (non-hydrogen) atoms. The van der Waals surface area contributed by atoms with Gasteiger partial charge in [-0.1, -0.05) is 20.8 Å². The number of rotatable bonds is 8. The molecule has 98 valence electrons. The van der Waals surface area contributed by atoms with Crippen molar-refractivity contribution < 1.29 is 0 Å². The maximum absolute atomic E-state index is 3.34. The quantitative estimate of drug-likeness (QED) is 0.749. The Hall–Kier alpha value is -0.800. The van der Waals surface area contributed by atoms with Crippen molar-refractivity contribution in [3.8, 4) is 0 Å². The molecule has 0 aliphatic carbocycles. The number of likely N-dealkylation sites (N-methyl/N-ethyl adjacent to an activating group) is 1. The van der Waals surface area contributed by atoms with Gasteiger partial charge in [-0.25, -0.2) is 0 Å². The van der Waals surface area contributed by atoms with Crippen LogP contribution in [0.5, 0.6) is 0 Å². The zero-order valence-electron chi connectivity index (χ0n) is 11.7. The summed E-state index contributed by atoms with van der Waals surface area (Å²) in [5.41, 5.74) is 1.40. The van der Waals surface area contributed by atoms with E-state index in [2.05, 4.69) is 54.0 Å². The summed E-state index contributed by atoms with van der Waals surface area (Å²) in [5.74, 6) is 0. The van der Waals surface area contributed by atoms with E-state index in [0.29, 0.717) is 6.04 Å². The molecular formula is C14H27N3. The molecule has 1 heterocycles. The molecule has 1 rings (SSSR count). The lowest BCUT2D eigenvalue weighted by Gasteiger charge is -2.18. The van der Waals surface area contributed by atoms with Gasteiger partial charge in [0.05, 0.1) is 0 Å². The third-order valence-electron chi connectivity index (χ3n) is 3.50. The molecule has 0 bridgehead atoms. The summed E-state index contributed by atoms with van der Waals surface area (Å²) in [4.78, 5) is 2.45. The number of nitrogens with one attached hydrogen (secondary N) is 1. The summed E-state index contributed by atoms with van der Waals surface area (Å²) >= 11 is 0. The zero-order chi connectivity index (χ0) is 12.7. The Morgan fingerprint density at radius 3 is 2.53 bits per heavy atom. The second-order valence-electron chi connectivity index (χ2n) is 4.46. The molecule has 0 fully saturated rings. The second kappa shape index (κ2) is 7.51. The minimum absolute atomic E-state index is 0.490. The molecule has 0 aliphatic heterocycles. The van der Waals surface area contributed by atoms with Crippen LogP contribution in [0, 0.1) is 0 Å². The SMILES string of the molecule is CCC(NC)c1ccn(CCN(CC)CC)c1. The molecule has 0 aliphatic rings. The molecule has 3 nitrogen and oxygen atoms in total. The van der Waals surface area contributed by atoms with E-state index in [9.17, 15) is 0 Å². The Morgan fingerprint density at radius 2 is 2.00 bits per heavy atom. The predicted molar refractivity (Wildman–Crippen MR) is 74.3 cm³/mol. The Bertz CT molecular complexity index is 298. The van der Waals surface area contributed by atoms with E-state index in [1.165, 1.54) is 5.56 Å². The molecule has 0 radical (unpaired) electrons. The maximum atomic E-state index is 3.34. The van der Waals surface area contributed by atoms with Crippen LogP contribution in [0.15, 0.2) is 18.5 Å². The van der Waals surface area contributed by atoms with Crippen LogP contribution in [0.3, 0.4) is 0 Å². The lowest BCUT2D eigenvalue weighted by Crippen LogP contribution is -2.26. The Balaban J connectivity index is 2.50. The average Bonchev–Trinajstić information content (AvgIpc) is 2.81. The Morgan fingerprint density at radius 1 is 1.29 bits per heavy atom. The molecule has 0 amide bonds. The number of nitrogens with zero attached hydrogens (tertiary/aromatic N) is 2. The van der Waals surface area contributed by atoms with Crippen LogP contribution in [-0.2, 0) is 6.54 Å². The first kappa shape index (κ1) is 14.3. The minimum atomic E-state index is 0.490. The van der Waals surface area contributed by atoms with Crippen LogP contribution in [0.25, 0.3) is 0 Å². The molecule has 0 aromatic carbocycles. The maximum Gasteiger partial charge on any atom is 0.0347 e. The fourth-order valence-corrected chi connectivity index (χ4v) is 2.21. The summed E-state index contributed by atoms with van der Waals surface area (Å²) in [6.07, 6.45) is 5.60. The first-order valence-corrected chi connectivity index (χ1v) is 6.80. The van der Waals surface area contributed by atoms with Crippen LogP contribution >= 0.6 is 0 Å². The normalized spacial score (nSPS) is 13.2. The summed E-state index contributed by atoms with van der Waals surface area (Å²) in [6, 6.07) is 2.72. The lowest BCUT2D eigenvalue weighted by molar-refractivity contribution is 0.290. The van der Waals surface area contributed by atoms with Gasteiger partial charge in [-0.15, -0.1) is 0 Å². The topological polar surface area (TPSA) is 20.2 Å². The molecule has 1 atom stereocenters. The van der Waals surface area contributed by atoms with Crippen molar-refractivity contribution in [3.05, 3.63) is 24.0 Å². The van der Waals surface area contributed by atoms with Crippen molar-refractivity contribution in [2.75, 3.05) is 26.7 Å². The van der Waals surface area contributed by atoms with Gasteiger partial charge >= 0.3 is 0 Å². The minimum Gasteiger partial charge on any atom is -0.353 e. The van der Waals surface area contributed by atoms with Gasteiger partial charge in [0, 0.05) is 31.5 Å². The average molecular weight is 237 g/mol. The van der Waals surface area contributed by atoms with Gasteiger partial charge in [-0.3, -0.25) is 0 Å². The van der Waals surface area contributed by atoms with E-state index in [1.54, 1.807) is 0 Å². The third-order valence-corrected chi connectivity index (χ3v) is 3.50. The molecule has 0 saturated carbocycles. The third kappa shape index (κ3) is 4.17. The van der Waals surface area contributed by atoms with E-state index in [0.717, 1.165) is 32.6 Å². The monoisotopic (exact) mass is 237 g/mol. The van der Waals surface area contributed by atoms with Crippen molar-refractivity contribution in [2.24, 2.45) is 0 Å². The van der Waals surface area contributed by atoms with Crippen molar-refractivity contribution in [1.82, 2.24) is 14.8 Å². The number of aromatic nitrogens is 1. The highest BCUT2D eigenvalue weighted by molar-refractivity contribution is 5.15. The van der Waals surface area contributed by atoms with Gasteiger partial charge in [0.25, 0.3) is 0 Å². The van der Waals surface area contributed by atoms with E-state index < -0.39 is 0 Å². The van der Waals surface area contributed by atoms with E-state index in [-0.39, 0.29) is 0 Å². The summed E-state index contributed by atoms with van der Waals surface area (Å²) < 4.78 is 2.30. The summed E-state index contributed by atoms with van der Waals surface area (Å²) in [7, 11) is 2.03. The zero-order valence-corrected chi connectivity index (χ0v) is 11.7. The van der Waals surface area contributed by atoms with Crippen molar-refractivity contribution in [2.45, 2.75) is 39.8 Å². The largest absolute Gasteiger partial charge is 0.353 e. The van der Waals surface area contributed by atoms with Crippen LogP contribution in [-0.4, -0.2) is 36.1 Å². The van der Waals surface area contributed by atoms with Crippen LogP contribution in [0.2, 0.25) is 0 Å². The molecule has 3 heteroatoms. The molecular weight excluding hydrogens is 210 g/mol. The fourth-order valence-electron chi connectivity index (χ4n) is 2.21.